The normalized spacial score (nSPS) is 13.1. The van der Waals surface area contributed by atoms with Gasteiger partial charge in [0.05, 0.1) is 6.10 Å². The molecule has 19 heavy (non-hydrogen) atoms. The van der Waals surface area contributed by atoms with E-state index in [1.165, 1.54) is 10.7 Å². The molecule has 104 valence electrons. The number of aromatic amines is 1. The minimum absolute atomic E-state index is 0.282. The first-order valence-electron chi connectivity index (χ1n) is 6.50. The van der Waals surface area contributed by atoms with Gasteiger partial charge in [-0.15, -0.1) is 0 Å². The number of hydrogen-bond donors (Lipinski definition) is 3. The van der Waals surface area contributed by atoms with Gasteiger partial charge in [0.2, 0.25) is 0 Å². The van der Waals surface area contributed by atoms with E-state index in [0.29, 0.717) is 18.0 Å². The maximum absolute atomic E-state index is 11.3. The van der Waals surface area contributed by atoms with E-state index in [9.17, 15) is 9.90 Å². The number of anilines is 1. The minimum atomic E-state index is -0.408. The lowest BCUT2D eigenvalue weighted by Crippen LogP contribution is -2.28. The van der Waals surface area contributed by atoms with Gasteiger partial charge in [0.1, 0.15) is 12.1 Å². The summed E-state index contributed by atoms with van der Waals surface area (Å²) in [6.45, 7) is 4.57. The zero-order valence-corrected chi connectivity index (χ0v) is 11.1. The molecule has 0 aliphatic carbocycles. The molecule has 0 aliphatic heterocycles. The van der Waals surface area contributed by atoms with Crippen LogP contribution in [0.25, 0.3) is 5.65 Å². The lowest BCUT2D eigenvalue weighted by atomic mass is 9.97. The third-order valence-corrected chi connectivity index (χ3v) is 3.40. The molecule has 0 aromatic carbocycles. The van der Waals surface area contributed by atoms with Gasteiger partial charge in [0.25, 0.3) is 0 Å². The van der Waals surface area contributed by atoms with E-state index < -0.39 is 6.10 Å². The summed E-state index contributed by atoms with van der Waals surface area (Å²) >= 11 is 0. The van der Waals surface area contributed by atoms with Crippen LogP contribution < -0.4 is 11.0 Å². The molecule has 2 heterocycles. The first-order chi connectivity index (χ1) is 9.15. The number of nitrogens with one attached hydrogen (secondary N) is 2. The van der Waals surface area contributed by atoms with Crippen LogP contribution in [0.4, 0.5) is 5.82 Å². The van der Waals surface area contributed by atoms with Crippen molar-refractivity contribution in [2.75, 3.05) is 11.9 Å². The first-order valence-corrected chi connectivity index (χ1v) is 6.50. The molecule has 7 heteroatoms. The molecule has 1 unspecified atom stereocenters. The highest BCUT2D eigenvalue weighted by Gasteiger charge is 2.15. The molecule has 2 rings (SSSR count). The van der Waals surface area contributed by atoms with Gasteiger partial charge >= 0.3 is 5.69 Å². The van der Waals surface area contributed by atoms with Crippen LogP contribution >= 0.6 is 0 Å². The number of nitrogens with zero attached hydrogens (tertiary/aromatic N) is 3. The smallest absolute Gasteiger partial charge is 0.348 e. The average molecular weight is 265 g/mol. The predicted octanol–water partition coefficient (Wildman–Crippen LogP) is 0.627. The summed E-state index contributed by atoms with van der Waals surface area (Å²) in [6, 6.07) is 1.66. The average Bonchev–Trinajstić information content (AvgIpc) is 2.79. The highest BCUT2D eigenvalue weighted by atomic mass is 16.3. The van der Waals surface area contributed by atoms with Crippen LogP contribution in [0.5, 0.6) is 0 Å². The lowest BCUT2D eigenvalue weighted by molar-refractivity contribution is 0.114. The Kier molecular flexibility index (Phi) is 4.16. The van der Waals surface area contributed by atoms with Crippen molar-refractivity contribution in [1.82, 2.24) is 19.6 Å². The fourth-order valence-corrected chi connectivity index (χ4v) is 2.12. The Morgan fingerprint density at radius 1 is 1.47 bits per heavy atom. The van der Waals surface area contributed by atoms with Crippen LogP contribution in [0, 0.1) is 5.92 Å². The SMILES string of the molecule is CCC(CC)C(O)CNc1cc2n[nH]c(=O)n2cn1. The van der Waals surface area contributed by atoms with E-state index in [0.717, 1.165) is 12.8 Å². The Morgan fingerprint density at radius 2 is 2.21 bits per heavy atom. The number of aromatic nitrogens is 4. The van der Waals surface area contributed by atoms with Crippen molar-refractivity contribution in [3.63, 3.8) is 0 Å². The highest BCUT2D eigenvalue weighted by Crippen LogP contribution is 2.14. The molecule has 0 saturated heterocycles. The van der Waals surface area contributed by atoms with Crippen LogP contribution in [-0.2, 0) is 0 Å². The Bertz CT molecular complexity index is 587. The number of hydrogen-bond acceptors (Lipinski definition) is 5. The van der Waals surface area contributed by atoms with E-state index in [2.05, 4.69) is 34.3 Å². The zero-order chi connectivity index (χ0) is 13.8. The van der Waals surface area contributed by atoms with Gasteiger partial charge in [-0.1, -0.05) is 26.7 Å². The van der Waals surface area contributed by atoms with Crippen molar-refractivity contribution < 1.29 is 5.11 Å². The quantitative estimate of drug-likeness (QED) is 0.712. The molecule has 0 amide bonds. The van der Waals surface area contributed by atoms with E-state index in [-0.39, 0.29) is 11.6 Å². The molecule has 2 aromatic heterocycles. The van der Waals surface area contributed by atoms with E-state index >= 15 is 0 Å². The van der Waals surface area contributed by atoms with Crippen molar-refractivity contribution in [2.45, 2.75) is 32.8 Å². The molecule has 7 nitrogen and oxygen atoms in total. The fraction of sp³-hybridized carbons (Fsp3) is 0.583. The molecule has 0 radical (unpaired) electrons. The van der Waals surface area contributed by atoms with Crippen LogP contribution in [0.1, 0.15) is 26.7 Å². The molecule has 0 aliphatic rings. The maximum Gasteiger partial charge on any atom is 0.348 e. The van der Waals surface area contributed by atoms with Gasteiger partial charge in [-0.25, -0.2) is 19.3 Å². The molecular formula is C12H19N5O2. The number of aliphatic hydroxyl groups is 1. The molecule has 2 aromatic rings. The molecular weight excluding hydrogens is 246 g/mol. The fourth-order valence-electron chi connectivity index (χ4n) is 2.12. The predicted molar refractivity (Wildman–Crippen MR) is 72.2 cm³/mol. The molecule has 0 saturated carbocycles. The van der Waals surface area contributed by atoms with Crippen molar-refractivity contribution in [3.05, 3.63) is 22.9 Å². The second kappa shape index (κ2) is 5.83. The summed E-state index contributed by atoms with van der Waals surface area (Å²) < 4.78 is 1.32. The largest absolute Gasteiger partial charge is 0.391 e. The number of aliphatic hydroxyl groups excluding tert-OH is 1. The molecule has 0 spiro atoms. The van der Waals surface area contributed by atoms with Crippen molar-refractivity contribution in [3.8, 4) is 0 Å². The molecule has 0 fully saturated rings. The second-order valence-corrected chi connectivity index (χ2v) is 4.56. The van der Waals surface area contributed by atoms with Gasteiger partial charge < -0.3 is 10.4 Å². The third-order valence-electron chi connectivity index (χ3n) is 3.40. The van der Waals surface area contributed by atoms with E-state index in [1.54, 1.807) is 6.07 Å². The van der Waals surface area contributed by atoms with Crippen LogP contribution in [-0.4, -0.2) is 37.3 Å². The number of H-pyrrole nitrogens is 1. The Morgan fingerprint density at radius 3 is 2.89 bits per heavy atom. The summed E-state index contributed by atoms with van der Waals surface area (Å²) in [5.74, 6) is 0.876. The van der Waals surface area contributed by atoms with Crippen LogP contribution in [0.2, 0.25) is 0 Å². The number of fused-ring (bicyclic) bond motifs is 1. The van der Waals surface area contributed by atoms with Crippen LogP contribution in [0.15, 0.2) is 17.2 Å². The Balaban J connectivity index is 2.03. The highest BCUT2D eigenvalue weighted by molar-refractivity contribution is 5.48. The minimum Gasteiger partial charge on any atom is -0.391 e. The topological polar surface area (TPSA) is 95.3 Å². The monoisotopic (exact) mass is 265 g/mol. The summed E-state index contributed by atoms with van der Waals surface area (Å²) in [7, 11) is 0. The van der Waals surface area contributed by atoms with Crippen molar-refractivity contribution in [1.29, 1.82) is 0 Å². The van der Waals surface area contributed by atoms with Crippen molar-refractivity contribution in [2.24, 2.45) is 5.92 Å². The first kappa shape index (κ1) is 13.5. The maximum atomic E-state index is 11.3. The van der Waals surface area contributed by atoms with Gasteiger partial charge in [-0.05, 0) is 5.92 Å². The van der Waals surface area contributed by atoms with Gasteiger partial charge in [0.15, 0.2) is 5.65 Å². The van der Waals surface area contributed by atoms with E-state index in [1.807, 2.05) is 0 Å². The van der Waals surface area contributed by atoms with Gasteiger partial charge in [0, 0.05) is 12.6 Å². The van der Waals surface area contributed by atoms with E-state index in [4.69, 9.17) is 0 Å². The summed E-state index contributed by atoms with van der Waals surface area (Å²) in [5.41, 5.74) is 0.186. The summed E-state index contributed by atoms with van der Waals surface area (Å²) in [4.78, 5) is 15.4. The zero-order valence-electron chi connectivity index (χ0n) is 11.1. The molecule has 1 atom stereocenters. The Labute approximate surface area is 110 Å². The molecule has 3 N–H and O–H groups in total. The van der Waals surface area contributed by atoms with Crippen molar-refractivity contribution >= 4 is 11.5 Å². The summed E-state index contributed by atoms with van der Waals surface area (Å²) in [6.07, 6.45) is 2.89. The van der Waals surface area contributed by atoms with Crippen LogP contribution in [0.3, 0.4) is 0 Å². The third kappa shape index (κ3) is 2.93. The standard InChI is InChI=1S/C12H19N5O2/c1-3-8(4-2)9(18)6-13-10-5-11-15-16-12(19)17(11)7-14-10/h5,7-9,13,18H,3-4,6H2,1-2H3,(H,16,19). The summed E-state index contributed by atoms with van der Waals surface area (Å²) in [5, 5.41) is 19.3. The van der Waals surface area contributed by atoms with Gasteiger partial charge in [-0.3, -0.25) is 0 Å². The second-order valence-electron chi connectivity index (χ2n) is 4.56. The number of rotatable bonds is 6. The molecule has 0 bridgehead atoms. The Hall–Kier alpha value is -1.89. The van der Waals surface area contributed by atoms with Gasteiger partial charge in [-0.2, -0.15) is 5.10 Å². The lowest BCUT2D eigenvalue weighted by Gasteiger charge is -2.20.